The van der Waals surface area contributed by atoms with Gasteiger partial charge in [-0.1, -0.05) is 18.2 Å². The van der Waals surface area contributed by atoms with Gasteiger partial charge in [-0.2, -0.15) is 0 Å². The summed E-state index contributed by atoms with van der Waals surface area (Å²) in [6.45, 7) is 4.04. The first kappa shape index (κ1) is 19.2. The molecule has 0 spiro atoms. The van der Waals surface area contributed by atoms with Gasteiger partial charge in [-0.25, -0.2) is 0 Å². The van der Waals surface area contributed by atoms with Crippen LogP contribution in [0.15, 0.2) is 68.4 Å². The molecule has 3 heterocycles. The number of ether oxygens (including phenoxy) is 1. The molecule has 0 fully saturated rings. The second kappa shape index (κ2) is 7.16. The SMILES string of the molecule is COc1ccc(C2c3c(oc4c(C)cc(C)cc4c3=O)C(=O)N2Cc2ccco2)cc1. The molecule has 156 valence electrons. The van der Waals surface area contributed by atoms with Gasteiger partial charge in [-0.3, -0.25) is 9.59 Å². The van der Waals surface area contributed by atoms with E-state index in [1.54, 1.807) is 30.4 Å². The summed E-state index contributed by atoms with van der Waals surface area (Å²) in [4.78, 5) is 28.7. The summed E-state index contributed by atoms with van der Waals surface area (Å²) in [5, 5.41) is 0.488. The van der Waals surface area contributed by atoms with Crippen LogP contribution in [0.5, 0.6) is 5.75 Å². The predicted octanol–water partition coefficient (Wildman–Crippen LogP) is 4.76. The van der Waals surface area contributed by atoms with Crippen LogP contribution in [0.25, 0.3) is 11.0 Å². The van der Waals surface area contributed by atoms with Crippen LogP contribution in [0, 0.1) is 13.8 Å². The molecule has 0 N–H and O–H groups in total. The molecule has 2 aromatic heterocycles. The zero-order valence-corrected chi connectivity index (χ0v) is 17.5. The normalized spacial score (nSPS) is 15.5. The van der Waals surface area contributed by atoms with Crippen LogP contribution in [0.3, 0.4) is 0 Å². The number of amides is 1. The first-order valence-electron chi connectivity index (χ1n) is 10.0. The maximum Gasteiger partial charge on any atom is 0.291 e. The van der Waals surface area contributed by atoms with Gasteiger partial charge in [0.15, 0.2) is 5.43 Å². The molecule has 1 aliphatic rings. The summed E-state index contributed by atoms with van der Waals surface area (Å²) in [7, 11) is 1.60. The molecule has 0 saturated carbocycles. The van der Waals surface area contributed by atoms with E-state index in [9.17, 15) is 9.59 Å². The maximum absolute atomic E-state index is 13.6. The Hall–Kier alpha value is -3.80. The van der Waals surface area contributed by atoms with Gasteiger partial charge in [0, 0.05) is 0 Å². The lowest BCUT2D eigenvalue weighted by atomic mass is 9.97. The molecular formula is C25H21NO5. The first-order chi connectivity index (χ1) is 15.0. The Labute approximate surface area is 178 Å². The van der Waals surface area contributed by atoms with Gasteiger partial charge in [-0.05, 0) is 60.9 Å². The van der Waals surface area contributed by atoms with Gasteiger partial charge >= 0.3 is 0 Å². The second-order valence-corrected chi connectivity index (χ2v) is 7.82. The molecule has 6 nitrogen and oxygen atoms in total. The number of methoxy groups -OCH3 is 1. The Morgan fingerprint density at radius 3 is 2.52 bits per heavy atom. The minimum absolute atomic E-state index is 0.0943. The third kappa shape index (κ3) is 3.03. The van der Waals surface area contributed by atoms with Crippen LogP contribution in [-0.4, -0.2) is 17.9 Å². The lowest BCUT2D eigenvalue weighted by molar-refractivity contribution is 0.0701. The van der Waals surface area contributed by atoms with Crippen molar-refractivity contribution in [2.24, 2.45) is 0 Å². The lowest BCUT2D eigenvalue weighted by Crippen LogP contribution is -2.29. The van der Waals surface area contributed by atoms with Gasteiger partial charge in [0.2, 0.25) is 5.76 Å². The van der Waals surface area contributed by atoms with E-state index in [4.69, 9.17) is 13.6 Å². The average molecular weight is 415 g/mol. The third-order valence-corrected chi connectivity index (χ3v) is 5.74. The fourth-order valence-electron chi connectivity index (χ4n) is 4.34. The number of hydrogen-bond acceptors (Lipinski definition) is 5. The fourth-order valence-corrected chi connectivity index (χ4v) is 4.34. The molecule has 1 aliphatic heterocycles. The minimum Gasteiger partial charge on any atom is -0.497 e. The van der Waals surface area contributed by atoms with E-state index in [1.807, 2.05) is 50.2 Å². The van der Waals surface area contributed by atoms with E-state index in [0.717, 1.165) is 16.7 Å². The zero-order chi connectivity index (χ0) is 21.7. The summed E-state index contributed by atoms with van der Waals surface area (Å²) in [6.07, 6.45) is 1.56. The minimum atomic E-state index is -0.583. The van der Waals surface area contributed by atoms with Crippen LogP contribution in [0.4, 0.5) is 0 Å². The van der Waals surface area contributed by atoms with Gasteiger partial charge in [0.1, 0.15) is 17.1 Å². The van der Waals surface area contributed by atoms with Crippen LogP contribution >= 0.6 is 0 Å². The van der Waals surface area contributed by atoms with Crippen molar-refractivity contribution in [3.05, 3.63) is 98.8 Å². The van der Waals surface area contributed by atoms with E-state index in [1.165, 1.54) is 0 Å². The van der Waals surface area contributed by atoms with Crippen molar-refractivity contribution in [1.82, 2.24) is 4.90 Å². The zero-order valence-electron chi connectivity index (χ0n) is 17.5. The quantitative estimate of drug-likeness (QED) is 0.481. The molecule has 4 aromatic rings. The molecule has 0 aliphatic carbocycles. The Balaban J connectivity index is 1.75. The van der Waals surface area contributed by atoms with Gasteiger partial charge in [0.25, 0.3) is 5.91 Å². The van der Waals surface area contributed by atoms with Gasteiger partial charge in [-0.15, -0.1) is 0 Å². The molecular weight excluding hydrogens is 394 g/mol. The smallest absolute Gasteiger partial charge is 0.291 e. The van der Waals surface area contributed by atoms with Crippen LogP contribution in [0.2, 0.25) is 0 Å². The highest BCUT2D eigenvalue weighted by molar-refractivity contribution is 5.99. The molecule has 1 atom stereocenters. The lowest BCUT2D eigenvalue weighted by Gasteiger charge is -2.24. The highest BCUT2D eigenvalue weighted by Crippen LogP contribution is 2.40. The number of carbonyl (C=O) groups excluding carboxylic acids is 1. The van der Waals surface area contributed by atoms with Crippen molar-refractivity contribution in [2.45, 2.75) is 26.4 Å². The number of hydrogen-bond donors (Lipinski definition) is 0. The average Bonchev–Trinajstić information content (AvgIpc) is 3.37. The van der Waals surface area contributed by atoms with Crippen molar-refractivity contribution >= 4 is 16.9 Å². The van der Waals surface area contributed by atoms with Gasteiger partial charge < -0.3 is 18.5 Å². The maximum atomic E-state index is 13.6. The van der Waals surface area contributed by atoms with E-state index in [2.05, 4.69) is 0 Å². The van der Waals surface area contributed by atoms with Crippen LogP contribution in [-0.2, 0) is 6.54 Å². The number of furan rings is 1. The monoisotopic (exact) mass is 415 g/mol. The highest BCUT2D eigenvalue weighted by atomic mass is 16.5. The Morgan fingerprint density at radius 2 is 1.84 bits per heavy atom. The second-order valence-electron chi connectivity index (χ2n) is 7.82. The summed E-state index contributed by atoms with van der Waals surface area (Å²) < 4.78 is 16.8. The van der Waals surface area contributed by atoms with E-state index < -0.39 is 6.04 Å². The van der Waals surface area contributed by atoms with Crippen molar-refractivity contribution in [1.29, 1.82) is 0 Å². The molecule has 0 bridgehead atoms. The van der Waals surface area contributed by atoms with E-state index in [0.29, 0.717) is 28.0 Å². The predicted molar refractivity (Wildman–Crippen MR) is 115 cm³/mol. The summed E-state index contributed by atoms with van der Waals surface area (Å²) >= 11 is 0. The molecule has 31 heavy (non-hydrogen) atoms. The molecule has 0 radical (unpaired) electrons. The Kier molecular flexibility index (Phi) is 4.43. The van der Waals surface area contributed by atoms with Gasteiger partial charge in [0.05, 0.1) is 36.9 Å². The Morgan fingerprint density at radius 1 is 1.06 bits per heavy atom. The van der Waals surface area contributed by atoms with Crippen molar-refractivity contribution < 1.29 is 18.4 Å². The number of nitrogens with zero attached hydrogens (tertiary/aromatic N) is 1. The molecule has 0 saturated heterocycles. The van der Waals surface area contributed by atoms with Crippen molar-refractivity contribution in [3.63, 3.8) is 0 Å². The third-order valence-electron chi connectivity index (χ3n) is 5.74. The molecule has 1 unspecified atom stereocenters. The summed E-state index contributed by atoms with van der Waals surface area (Å²) in [5.74, 6) is 1.09. The van der Waals surface area contributed by atoms with E-state index >= 15 is 0 Å². The molecule has 6 heteroatoms. The van der Waals surface area contributed by atoms with Crippen molar-refractivity contribution in [3.8, 4) is 5.75 Å². The number of fused-ring (bicyclic) bond motifs is 2. The molecule has 5 rings (SSSR count). The van der Waals surface area contributed by atoms with Crippen LogP contribution in [0.1, 0.15) is 44.6 Å². The number of carbonyl (C=O) groups is 1. The number of rotatable bonds is 4. The van der Waals surface area contributed by atoms with Crippen LogP contribution < -0.4 is 10.2 Å². The number of aryl methyl sites for hydroxylation is 2. The van der Waals surface area contributed by atoms with Crippen molar-refractivity contribution in [2.75, 3.05) is 7.11 Å². The fraction of sp³-hybridized carbons (Fsp3) is 0.200. The van der Waals surface area contributed by atoms with E-state index in [-0.39, 0.29) is 23.6 Å². The molecule has 2 aromatic carbocycles. The summed E-state index contributed by atoms with van der Waals surface area (Å²) in [6, 6.07) is 14.1. The molecule has 1 amide bonds. The summed E-state index contributed by atoms with van der Waals surface area (Å²) in [5.41, 5.74) is 3.23. The highest BCUT2D eigenvalue weighted by Gasteiger charge is 2.43. The topological polar surface area (TPSA) is 72.9 Å². The standard InChI is InChI=1S/C25H21NO5/c1-14-11-15(2)23-19(12-14)22(27)20-21(16-6-8-17(29-3)9-7-16)26(25(28)24(20)31-23)13-18-5-4-10-30-18/h4-12,21H,13H2,1-3H3. The largest absolute Gasteiger partial charge is 0.497 e. The Bertz CT molecular complexity index is 1350. The first-order valence-corrected chi connectivity index (χ1v) is 10.0. The number of benzene rings is 2.